The predicted octanol–water partition coefficient (Wildman–Crippen LogP) is 2.35. The van der Waals surface area contributed by atoms with E-state index in [9.17, 15) is 14.9 Å². The van der Waals surface area contributed by atoms with E-state index in [1.165, 1.54) is 34.1 Å². The summed E-state index contributed by atoms with van der Waals surface area (Å²) in [5.41, 5.74) is 0.686. The molecule has 82 valence electrons. The van der Waals surface area contributed by atoms with Gasteiger partial charge in [0.1, 0.15) is 0 Å². The van der Waals surface area contributed by atoms with E-state index >= 15 is 0 Å². The number of amides is 1. The summed E-state index contributed by atoms with van der Waals surface area (Å²) < 4.78 is 0. The van der Waals surface area contributed by atoms with Gasteiger partial charge in [0.2, 0.25) is 6.41 Å². The van der Waals surface area contributed by atoms with Crippen LogP contribution in [0.2, 0.25) is 0 Å². The Morgan fingerprint density at radius 2 is 2.25 bits per heavy atom. The maximum absolute atomic E-state index is 10.5. The molecule has 0 atom stereocenters. The Kier molecular flexibility index (Phi) is 2.93. The van der Waals surface area contributed by atoms with Crippen LogP contribution in [0.25, 0.3) is 10.6 Å². The van der Waals surface area contributed by atoms with E-state index in [0.717, 1.165) is 0 Å². The van der Waals surface area contributed by atoms with Crippen LogP contribution in [0, 0.1) is 10.1 Å². The van der Waals surface area contributed by atoms with E-state index < -0.39 is 4.92 Å². The number of carbonyl (C=O) groups excluding carboxylic acids is 1. The zero-order valence-corrected chi connectivity index (χ0v) is 9.38. The Morgan fingerprint density at radius 3 is 2.88 bits per heavy atom. The fourth-order valence-electron chi connectivity index (χ4n) is 1.06. The molecule has 2 heterocycles. The predicted molar refractivity (Wildman–Crippen MR) is 61.8 cm³/mol. The van der Waals surface area contributed by atoms with Crippen molar-refractivity contribution in [3.05, 3.63) is 26.9 Å². The Morgan fingerprint density at radius 1 is 1.44 bits per heavy atom. The highest BCUT2D eigenvalue weighted by Gasteiger charge is 2.12. The number of hydrogen-bond donors (Lipinski definition) is 1. The third kappa shape index (κ3) is 2.07. The van der Waals surface area contributed by atoms with Crippen LogP contribution in [-0.2, 0) is 4.79 Å². The molecular formula is C8H5N3O3S2. The first-order chi connectivity index (χ1) is 7.70. The van der Waals surface area contributed by atoms with Crippen LogP contribution in [0.3, 0.4) is 0 Å². The molecule has 2 aromatic rings. The van der Waals surface area contributed by atoms with E-state index in [1.807, 2.05) is 0 Å². The summed E-state index contributed by atoms with van der Waals surface area (Å²) in [6.45, 7) is 0. The molecule has 1 N–H and O–H groups in total. The van der Waals surface area contributed by atoms with Gasteiger partial charge in [0.25, 0.3) is 5.69 Å². The molecule has 0 aromatic carbocycles. The van der Waals surface area contributed by atoms with Gasteiger partial charge in [-0.15, -0.1) is 22.7 Å². The lowest BCUT2D eigenvalue weighted by atomic mass is 10.4. The average molecular weight is 255 g/mol. The second-order valence-corrected chi connectivity index (χ2v) is 4.50. The summed E-state index contributed by atoms with van der Waals surface area (Å²) in [7, 11) is 0. The molecule has 0 bridgehead atoms. The minimum atomic E-state index is -0.447. The van der Waals surface area contributed by atoms with Crippen molar-refractivity contribution in [1.29, 1.82) is 0 Å². The molecule has 0 fully saturated rings. The summed E-state index contributed by atoms with van der Waals surface area (Å²) in [6, 6.07) is 1.46. The molecule has 8 heteroatoms. The average Bonchev–Trinajstić information content (AvgIpc) is 2.84. The molecule has 2 aromatic heterocycles. The third-order valence-corrected chi connectivity index (χ3v) is 3.45. The van der Waals surface area contributed by atoms with Crippen molar-refractivity contribution >= 4 is 39.9 Å². The van der Waals surface area contributed by atoms with E-state index in [1.54, 1.807) is 5.38 Å². The number of nitrogens with zero attached hydrogens (tertiary/aromatic N) is 2. The lowest BCUT2D eigenvalue weighted by molar-refractivity contribution is -0.384. The Balaban J connectivity index is 2.27. The van der Waals surface area contributed by atoms with Crippen molar-refractivity contribution in [2.24, 2.45) is 0 Å². The number of nitro groups is 1. The van der Waals surface area contributed by atoms with Crippen molar-refractivity contribution in [1.82, 2.24) is 4.98 Å². The second-order valence-electron chi connectivity index (χ2n) is 2.73. The topological polar surface area (TPSA) is 85.1 Å². The number of thiophene rings is 1. The lowest BCUT2D eigenvalue weighted by Crippen LogP contribution is -1.91. The summed E-state index contributed by atoms with van der Waals surface area (Å²) in [5, 5.41) is 16.6. The van der Waals surface area contributed by atoms with Gasteiger partial charge in [0, 0.05) is 11.4 Å². The second kappa shape index (κ2) is 4.37. The van der Waals surface area contributed by atoms with Gasteiger partial charge < -0.3 is 5.32 Å². The monoisotopic (exact) mass is 255 g/mol. The first kappa shape index (κ1) is 10.7. The number of rotatable bonds is 4. The van der Waals surface area contributed by atoms with E-state index in [2.05, 4.69) is 10.3 Å². The van der Waals surface area contributed by atoms with Gasteiger partial charge in [-0.3, -0.25) is 14.9 Å². The maximum Gasteiger partial charge on any atom is 0.280 e. The van der Waals surface area contributed by atoms with Crippen LogP contribution in [0.15, 0.2) is 16.8 Å². The SMILES string of the molecule is O=CNc1nc(-c2cc([N+](=O)[O-])cs2)cs1. The first-order valence-corrected chi connectivity index (χ1v) is 5.85. The summed E-state index contributed by atoms with van der Waals surface area (Å²) in [4.78, 5) is 25.0. The highest BCUT2D eigenvalue weighted by molar-refractivity contribution is 7.16. The first-order valence-electron chi connectivity index (χ1n) is 4.09. The quantitative estimate of drug-likeness (QED) is 0.516. The van der Waals surface area contributed by atoms with Gasteiger partial charge in [0.15, 0.2) is 5.13 Å². The van der Waals surface area contributed by atoms with E-state index in [4.69, 9.17) is 0 Å². The number of thiazole rings is 1. The van der Waals surface area contributed by atoms with Gasteiger partial charge >= 0.3 is 0 Å². The number of anilines is 1. The standard InChI is InChI=1S/C8H5N3O3S2/c12-4-9-8-10-6(3-16-8)7-1-5(2-15-7)11(13)14/h1-4H,(H,9,10,12). The number of nitrogens with one attached hydrogen (secondary N) is 1. The molecule has 0 radical (unpaired) electrons. The normalized spacial score (nSPS) is 10.0. The summed E-state index contributed by atoms with van der Waals surface area (Å²) >= 11 is 2.52. The molecule has 0 aliphatic heterocycles. The Labute approximate surface area is 97.7 Å². The fourth-order valence-corrected chi connectivity index (χ4v) is 2.62. The van der Waals surface area contributed by atoms with Crippen LogP contribution in [0.1, 0.15) is 0 Å². The number of carbonyl (C=O) groups is 1. The maximum atomic E-state index is 10.5. The van der Waals surface area contributed by atoms with Gasteiger partial charge in [-0.05, 0) is 0 Å². The minimum Gasteiger partial charge on any atom is -0.305 e. The zero-order valence-electron chi connectivity index (χ0n) is 7.75. The van der Waals surface area contributed by atoms with Crippen molar-refractivity contribution in [3.8, 4) is 10.6 Å². The third-order valence-electron chi connectivity index (χ3n) is 1.74. The molecule has 2 rings (SSSR count). The van der Waals surface area contributed by atoms with Crippen molar-refractivity contribution < 1.29 is 9.72 Å². The smallest absolute Gasteiger partial charge is 0.280 e. The van der Waals surface area contributed by atoms with E-state index in [0.29, 0.717) is 22.1 Å². The van der Waals surface area contributed by atoms with E-state index in [-0.39, 0.29) is 5.69 Å². The molecule has 0 aliphatic carbocycles. The van der Waals surface area contributed by atoms with Gasteiger partial charge in [-0.25, -0.2) is 4.98 Å². The van der Waals surface area contributed by atoms with Crippen LogP contribution < -0.4 is 5.32 Å². The molecule has 6 nitrogen and oxygen atoms in total. The van der Waals surface area contributed by atoms with Crippen molar-refractivity contribution in [3.63, 3.8) is 0 Å². The highest BCUT2D eigenvalue weighted by Crippen LogP contribution is 2.32. The molecule has 0 unspecified atom stereocenters. The lowest BCUT2D eigenvalue weighted by Gasteiger charge is -1.88. The minimum absolute atomic E-state index is 0.0536. The van der Waals surface area contributed by atoms with Crippen molar-refractivity contribution in [2.45, 2.75) is 0 Å². The fraction of sp³-hybridized carbons (Fsp3) is 0. The van der Waals surface area contributed by atoms with Crippen LogP contribution in [0.4, 0.5) is 10.8 Å². The Hall–Kier alpha value is -1.80. The van der Waals surface area contributed by atoms with Gasteiger partial charge in [0.05, 0.1) is 20.9 Å². The molecule has 0 saturated heterocycles. The molecular weight excluding hydrogens is 250 g/mol. The molecule has 0 spiro atoms. The highest BCUT2D eigenvalue weighted by atomic mass is 32.1. The molecule has 0 saturated carbocycles. The summed E-state index contributed by atoms with van der Waals surface area (Å²) in [6.07, 6.45) is 0.541. The largest absolute Gasteiger partial charge is 0.305 e. The number of aromatic nitrogens is 1. The van der Waals surface area contributed by atoms with Crippen molar-refractivity contribution in [2.75, 3.05) is 5.32 Å². The van der Waals surface area contributed by atoms with Gasteiger partial charge in [-0.1, -0.05) is 0 Å². The van der Waals surface area contributed by atoms with Gasteiger partial charge in [-0.2, -0.15) is 0 Å². The zero-order chi connectivity index (χ0) is 11.5. The number of hydrogen-bond acceptors (Lipinski definition) is 6. The molecule has 0 aliphatic rings. The Bertz CT molecular complexity index is 534. The molecule has 16 heavy (non-hydrogen) atoms. The van der Waals surface area contributed by atoms with Crippen LogP contribution in [0.5, 0.6) is 0 Å². The molecule has 1 amide bonds. The van der Waals surface area contributed by atoms with Crippen LogP contribution in [-0.4, -0.2) is 16.3 Å². The van der Waals surface area contributed by atoms with Crippen LogP contribution >= 0.6 is 22.7 Å². The summed E-state index contributed by atoms with van der Waals surface area (Å²) in [5.74, 6) is 0.